The maximum atomic E-state index is 9.88. The van der Waals surface area contributed by atoms with Crippen LogP contribution >= 0.6 is 0 Å². The molecule has 0 saturated heterocycles. The molecule has 8 aromatic carbocycles. The Morgan fingerprint density at radius 3 is 1.61 bits per heavy atom. The van der Waals surface area contributed by atoms with Gasteiger partial charge in [0.15, 0.2) is 5.58 Å². The molecule has 0 aliphatic carbocycles. The maximum Gasteiger partial charge on any atom is 0.159 e. The average molecular weight is 690 g/mol. The summed E-state index contributed by atoms with van der Waals surface area (Å²) in [6.07, 6.45) is 0. The van der Waals surface area contributed by atoms with Crippen molar-refractivity contribution >= 4 is 87.5 Å². The molecule has 0 saturated carbocycles. The van der Waals surface area contributed by atoms with E-state index >= 15 is 0 Å². The zero-order valence-corrected chi connectivity index (χ0v) is 28.7. The van der Waals surface area contributed by atoms with Gasteiger partial charge in [0.1, 0.15) is 16.7 Å². The number of aromatic nitrogens is 2. The maximum absolute atomic E-state index is 9.88. The lowest BCUT2D eigenvalue weighted by Crippen LogP contribution is -1.99. The van der Waals surface area contributed by atoms with Crippen molar-refractivity contribution in [3.63, 3.8) is 0 Å². The molecule has 0 fully saturated rings. The third-order valence-corrected chi connectivity index (χ3v) is 11.1. The smallest absolute Gasteiger partial charge is 0.159 e. The van der Waals surface area contributed by atoms with E-state index in [1.165, 1.54) is 10.8 Å². The first kappa shape index (κ1) is 29.1. The Hall–Kier alpha value is -7.55. The van der Waals surface area contributed by atoms with Gasteiger partial charge in [-0.05, 0) is 54.6 Å². The van der Waals surface area contributed by atoms with Crippen LogP contribution in [0.25, 0.3) is 110 Å². The molecule has 0 spiro atoms. The Balaban J connectivity index is 1.24. The quantitative estimate of drug-likeness (QED) is 0.185. The molecule has 12 rings (SSSR count). The average Bonchev–Trinajstić information content (AvgIpc) is 3.98. The van der Waals surface area contributed by atoms with Crippen LogP contribution in [0.1, 0.15) is 5.56 Å². The molecule has 0 bridgehead atoms. The van der Waals surface area contributed by atoms with Gasteiger partial charge < -0.3 is 18.0 Å². The molecule has 0 aliphatic rings. The summed E-state index contributed by atoms with van der Waals surface area (Å²) < 4.78 is 18.4. The van der Waals surface area contributed by atoms with Gasteiger partial charge in [0.25, 0.3) is 0 Å². The first-order chi connectivity index (χ1) is 26.7. The van der Waals surface area contributed by atoms with E-state index in [1.54, 1.807) is 0 Å². The molecule has 12 aromatic rings. The predicted molar refractivity (Wildman–Crippen MR) is 220 cm³/mol. The number of furan rings is 2. The van der Waals surface area contributed by atoms with Crippen molar-refractivity contribution in [1.82, 2.24) is 9.13 Å². The highest BCUT2D eigenvalue weighted by Gasteiger charge is 2.23. The minimum absolute atomic E-state index is 0.628. The molecule has 4 aromatic heterocycles. The normalized spacial score (nSPS) is 12.1. The van der Waals surface area contributed by atoms with Crippen LogP contribution < -0.4 is 0 Å². The Bertz CT molecular complexity index is 3530. The highest BCUT2D eigenvalue weighted by molar-refractivity contribution is 6.18. The molecule has 0 aliphatic heterocycles. The van der Waals surface area contributed by atoms with Crippen molar-refractivity contribution in [3.8, 4) is 28.6 Å². The van der Waals surface area contributed by atoms with Gasteiger partial charge in [-0.15, -0.1) is 0 Å². The van der Waals surface area contributed by atoms with E-state index in [0.29, 0.717) is 5.56 Å². The fourth-order valence-corrected chi connectivity index (χ4v) is 8.84. The standard InChI is InChI=1S/C49H27N3O2/c50-28-29-23-24-44-39(25-29)33-13-3-7-21-43(33)52(44)45-27-30(51-41-19-5-1-11-31(41)32-12-2-6-20-42(32)51)26-40-38-18-10-17-37(48(38)54-49(40)45)36-16-9-15-35-34-14-4-8-22-46(34)53-47(35)36/h1-27H. The van der Waals surface area contributed by atoms with Crippen molar-refractivity contribution in [1.29, 1.82) is 5.26 Å². The third kappa shape index (κ3) is 3.86. The van der Waals surface area contributed by atoms with Gasteiger partial charge in [-0.1, -0.05) is 109 Å². The van der Waals surface area contributed by atoms with Crippen LogP contribution in [-0.2, 0) is 0 Å². The lowest BCUT2D eigenvalue weighted by Gasteiger charge is -2.14. The fraction of sp³-hybridized carbons (Fsp3) is 0. The Kier molecular flexibility index (Phi) is 5.78. The number of hydrogen-bond donors (Lipinski definition) is 0. The molecule has 5 nitrogen and oxygen atoms in total. The number of para-hydroxylation sites is 6. The lowest BCUT2D eigenvalue weighted by atomic mass is 10.00. The van der Waals surface area contributed by atoms with Crippen LogP contribution in [0.2, 0.25) is 0 Å². The van der Waals surface area contributed by atoms with Crippen LogP contribution in [0.15, 0.2) is 173 Å². The third-order valence-electron chi connectivity index (χ3n) is 11.1. The Morgan fingerprint density at radius 1 is 0.389 bits per heavy atom. The van der Waals surface area contributed by atoms with E-state index < -0.39 is 0 Å². The second kappa shape index (κ2) is 10.7. The van der Waals surface area contributed by atoms with Crippen molar-refractivity contribution in [3.05, 3.63) is 169 Å². The highest BCUT2D eigenvalue weighted by Crippen LogP contribution is 2.45. The van der Waals surface area contributed by atoms with E-state index in [-0.39, 0.29) is 0 Å². The van der Waals surface area contributed by atoms with Gasteiger partial charge in [0.2, 0.25) is 0 Å². The van der Waals surface area contributed by atoms with Gasteiger partial charge in [-0.25, -0.2) is 0 Å². The number of fused-ring (bicyclic) bond motifs is 12. The molecular weight excluding hydrogens is 663 g/mol. The molecule has 54 heavy (non-hydrogen) atoms. The zero-order valence-electron chi connectivity index (χ0n) is 28.7. The van der Waals surface area contributed by atoms with E-state index in [1.807, 2.05) is 24.3 Å². The van der Waals surface area contributed by atoms with E-state index in [0.717, 1.165) is 99.2 Å². The fourth-order valence-electron chi connectivity index (χ4n) is 8.84. The molecule has 0 atom stereocenters. The number of nitrogens with zero attached hydrogens (tertiary/aromatic N) is 3. The van der Waals surface area contributed by atoms with Crippen molar-refractivity contribution < 1.29 is 8.83 Å². The summed E-state index contributed by atoms with van der Waals surface area (Å²) in [6.45, 7) is 0. The summed E-state index contributed by atoms with van der Waals surface area (Å²) in [5.74, 6) is 0. The number of rotatable bonds is 3. The monoisotopic (exact) mass is 689 g/mol. The molecule has 250 valence electrons. The van der Waals surface area contributed by atoms with Gasteiger partial charge in [-0.2, -0.15) is 5.26 Å². The molecule has 0 amide bonds. The summed E-state index contributed by atoms with van der Waals surface area (Å²) >= 11 is 0. The lowest BCUT2D eigenvalue weighted by molar-refractivity contribution is 0.663. The Labute approximate surface area is 307 Å². The summed E-state index contributed by atoms with van der Waals surface area (Å²) in [6, 6.07) is 59.4. The molecule has 5 heteroatoms. The van der Waals surface area contributed by atoms with Crippen molar-refractivity contribution in [2.45, 2.75) is 0 Å². The second-order valence-corrected chi connectivity index (χ2v) is 14.0. The largest absolute Gasteiger partial charge is 0.455 e. The molecule has 0 radical (unpaired) electrons. The van der Waals surface area contributed by atoms with Crippen LogP contribution in [0.4, 0.5) is 0 Å². The molecule has 4 heterocycles. The number of nitriles is 1. The summed E-state index contributed by atoms with van der Waals surface area (Å²) in [5.41, 5.74) is 12.1. The molecule has 0 unspecified atom stereocenters. The summed E-state index contributed by atoms with van der Waals surface area (Å²) in [7, 11) is 0. The van der Waals surface area contributed by atoms with E-state index in [4.69, 9.17) is 8.83 Å². The van der Waals surface area contributed by atoms with Crippen LogP contribution in [0, 0.1) is 11.3 Å². The first-order valence-corrected chi connectivity index (χ1v) is 18.1. The van der Waals surface area contributed by atoms with Crippen molar-refractivity contribution in [2.24, 2.45) is 0 Å². The SMILES string of the molecule is N#Cc1ccc2c(c1)c1ccccc1n2-c1cc(-n2c3ccccc3c3ccccc32)cc2c1oc1c(-c3cccc4c3oc3ccccc34)cccc12. The number of benzene rings is 8. The van der Waals surface area contributed by atoms with Gasteiger partial charge in [0, 0.05) is 59.9 Å². The highest BCUT2D eigenvalue weighted by atomic mass is 16.3. The van der Waals surface area contributed by atoms with Crippen LogP contribution in [0.3, 0.4) is 0 Å². The Morgan fingerprint density at radius 2 is 0.926 bits per heavy atom. The van der Waals surface area contributed by atoms with Crippen molar-refractivity contribution in [2.75, 3.05) is 0 Å². The summed E-state index contributed by atoms with van der Waals surface area (Å²) in [5, 5.41) is 18.6. The topological polar surface area (TPSA) is 59.9 Å². The molecule has 0 N–H and O–H groups in total. The first-order valence-electron chi connectivity index (χ1n) is 18.1. The van der Waals surface area contributed by atoms with Crippen LogP contribution in [-0.4, -0.2) is 9.13 Å². The van der Waals surface area contributed by atoms with E-state index in [2.05, 4.69) is 155 Å². The van der Waals surface area contributed by atoms with Gasteiger partial charge in [-0.3, -0.25) is 0 Å². The molecular formula is C49H27N3O2. The second-order valence-electron chi connectivity index (χ2n) is 14.0. The zero-order chi connectivity index (χ0) is 35.5. The van der Waals surface area contributed by atoms with Crippen LogP contribution in [0.5, 0.6) is 0 Å². The predicted octanol–water partition coefficient (Wildman–Crippen LogP) is 13.2. The summed E-state index contributed by atoms with van der Waals surface area (Å²) in [4.78, 5) is 0. The number of hydrogen-bond acceptors (Lipinski definition) is 3. The minimum atomic E-state index is 0.628. The minimum Gasteiger partial charge on any atom is -0.455 e. The van der Waals surface area contributed by atoms with E-state index in [9.17, 15) is 5.26 Å². The van der Waals surface area contributed by atoms with Gasteiger partial charge in [0.05, 0.1) is 39.4 Å². The van der Waals surface area contributed by atoms with Gasteiger partial charge >= 0.3 is 0 Å².